The topological polar surface area (TPSA) is 12.0 Å². The summed E-state index contributed by atoms with van der Waals surface area (Å²) in [4.78, 5) is 0. The lowest BCUT2D eigenvalue weighted by molar-refractivity contribution is 0.572. The van der Waals surface area contributed by atoms with Crippen LogP contribution in [0.2, 0.25) is 0 Å². The third-order valence-electron chi connectivity index (χ3n) is 3.07. The molecule has 0 spiro atoms. The molecular weight excluding hydrogens is 286 g/mol. The van der Waals surface area contributed by atoms with Gasteiger partial charge in [0, 0.05) is 17.1 Å². The molecule has 0 bridgehead atoms. The van der Waals surface area contributed by atoms with E-state index in [1.807, 2.05) is 6.07 Å². The van der Waals surface area contributed by atoms with Crippen molar-refractivity contribution in [1.29, 1.82) is 0 Å². The number of rotatable bonds is 4. The second-order valence-electron chi connectivity index (χ2n) is 4.61. The molecule has 0 aliphatic carbocycles. The van der Waals surface area contributed by atoms with Crippen molar-refractivity contribution in [3.8, 4) is 0 Å². The van der Waals surface area contributed by atoms with Gasteiger partial charge in [-0.1, -0.05) is 64.0 Å². The first-order chi connectivity index (χ1) is 8.66. The lowest BCUT2D eigenvalue weighted by Crippen LogP contribution is -2.18. The van der Waals surface area contributed by atoms with Crippen molar-refractivity contribution in [1.82, 2.24) is 5.32 Å². The van der Waals surface area contributed by atoms with Crippen molar-refractivity contribution in [2.75, 3.05) is 0 Å². The van der Waals surface area contributed by atoms with Gasteiger partial charge >= 0.3 is 0 Å². The Kier molecular flexibility index (Phi) is 4.56. The molecule has 0 saturated heterocycles. The predicted molar refractivity (Wildman–Crippen MR) is 80.6 cm³/mol. The highest BCUT2D eigenvalue weighted by Gasteiger charge is 2.07. The normalized spacial score (nSPS) is 12.4. The van der Waals surface area contributed by atoms with Gasteiger partial charge in [0.2, 0.25) is 0 Å². The molecule has 0 aliphatic rings. The molecule has 2 aromatic rings. The highest BCUT2D eigenvalue weighted by Crippen LogP contribution is 2.22. The highest BCUT2D eigenvalue weighted by atomic mass is 79.9. The number of halogens is 1. The zero-order valence-electron chi connectivity index (χ0n) is 10.8. The molecule has 0 radical (unpaired) electrons. The molecule has 0 heterocycles. The Labute approximate surface area is 117 Å². The van der Waals surface area contributed by atoms with Crippen LogP contribution in [0.15, 0.2) is 53.0 Å². The van der Waals surface area contributed by atoms with Crippen LogP contribution >= 0.6 is 15.9 Å². The van der Waals surface area contributed by atoms with E-state index in [0.717, 1.165) is 11.0 Å². The van der Waals surface area contributed by atoms with Crippen molar-refractivity contribution < 1.29 is 0 Å². The van der Waals surface area contributed by atoms with Crippen molar-refractivity contribution in [3.05, 3.63) is 69.7 Å². The Bertz CT molecular complexity index is 522. The minimum absolute atomic E-state index is 0.334. The number of aryl methyl sites for hydroxylation is 1. The van der Waals surface area contributed by atoms with E-state index in [1.165, 1.54) is 16.7 Å². The summed E-state index contributed by atoms with van der Waals surface area (Å²) in [6.07, 6.45) is 0. The van der Waals surface area contributed by atoms with Gasteiger partial charge in [0.05, 0.1) is 0 Å². The summed E-state index contributed by atoms with van der Waals surface area (Å²) < 4.78 is 1.16. The van der Waals surface area contributed by atoms with Gasteiger partial charge in [0.1, 0.15) is 0 Å². The van der Waals surface area contributed by atoms with Crippen molar-refractivity contribution in [2.45, 2.75) is 26.4 Å². The average Bonchev–Trinajstić information content (AvgIpc) is 2.37. The molecule has 94 valence electrons. The van der Waals surface area contributed by atoms with Gasteiger partial charge in [0.25, 0.3) is 0 Å². The number of nitrogens with one attached hydrogen (secondary N) is 1. The Balaban J connectivity index is 2.00. The van der Waals surface area contributed by atoms with E-state index in [9.17, 15) is 0 Å². The van der Waals surface area contributed by atoms with Gasteiger partial charge in [0.15, 0.2) is 0 Å². The maximum absolute atomic E-state index is 3.59. The van der Waals surface area contributed by atoms with Crippen LogP contribution in [0.1, 0.15) is 29.7 Å². The summed E-state index contributed by atoms with van der Waals surface area (Å²) >= 11 is 3.59. The van der Waals surface area contributed by atoms with Crippen LogP contribution in [-0.4, -0.2) is 0 Å². The largest absolute Gasteiger partial charge is 0.306 e. The molecule has 1 N–H and O–H groups in total. The van der Waals surface area contributed by atoms with Gasteiger partial charge < -0.3 is 5.32 Å². The van der Waals surface area contributed by atoms with Crippen LogP contribution in [0.25, 0.3) is 0 Å². The second kappa shape index (κ2) is 6.17. The van der Waals surface area contributed by atoms with Crippen LogP contribution in [0.5, 0.6) is 0 Å². The van der Waals surface area contributed by atoms with Crippen molar-refractivity contribution in [2.24, 2.45) is 0 Å². The van der Waals surface area contributed by atoms with Crippen LogP contribution in [0, 0.1) is 6.92 Å². The average molecular weight is 304 g/mol. The SMILES string of the molecule is Cc1cccc(CNC(C)c2ccccc2Br)c1. The Morgan fingerprint density at radius 1 is 1.11 bits per heavy atom. The first kappa shape index (κ1) is 13.3. The predicted octanol–water partition coefficient (Wildman–Crippen LogP) is 4.61. The lowest BCUT2D eigenvalue weighted by Gasteiger charge is -2.16. The Hall–Kier alpha value is -1.12. The Morgan fingerprint density at radius 2 is 1.89 bits per heavy atom. The van der Waals surface area contributed by atoms with E-state index in [4.69, 9.17) is 0 Å². The maximum Gasteiger partial charge on any atom is 0.0306 e. The number of benzene rings is 2. The van der Waals surface area contributed by atoms with Crippen molar-refractivity contribution >= 4 is 15.9 Å². The molecule has 1 nitrogen and oxygen atoms in total. The molecule has 0 aromatic heterocycles. The van der Waals surface area contributed by atoms with E-state index in [2.05, 4.69) is 77.6 Å². The van der Waals surface area contributed by atoms with Crippen LogP contribution in [-0.2, 0) is 6.54 Å². The van der Waals surface area contributed by atoms with Gasteiger partial charge in [-0.2, -0.15) is 0 Å². The molecular formula is C16H18BrN. The van der Waals surface area contributed by atoms with Crippen LogP contribution in [0.4, 0.5) is 0 Å². The first-order valence-electron chi connectivity index (χ1n) is 6.20. The summed E-state index contributed by atoms with van der Waals surface area (Å²) in [6, 6.07) is 17.3. The maximum atomic E-state index is 3.59. The Morgan fingerprint density at radius 3 is 2.61 bits per heavy atom. The molecule has 18 heavy (non-hydrogen) atoms. The fourth-order valence-electron chi connectivity index (χ4n) is 2.03. The standard InChI is InChI=1S/C16H18BrN/c1-12-6-5-7-14(10-12)11-18-13(2)15-8-3-4-9-16(15)17/h3-10,13,18H,11H2,1-2H3. The van der Waals surface area contributed by atoms with Crippen LogP contribution < -0.4 is 5.32 Å². The van der Waals surface area contributed by atoms with Gasteiger partial charge in [-0.05, 0) is 31.0 Å². The molecule has 2 rings (SSSR count). The third-order valence-corrected chi connectivity index (χ3v) is 3.79. The van der Waals surface area contributed by atoms with E-state index in [1.54, 1.807) is 0 Å². The summed E-state index contributed by atoms with van der Waals surface area (Å²) in [7, 11) is 0. The second-order valence-corrected chi connectivity index (χ2v) is 5.47. The molecule has 0 saturated carbocycles. The fourth-order valence-corrected chi connectivity index (χ4v) is 2.66. The van der Waals surface area contributed by atoms with E-state index in [0.29, 0.717) is 6.04 Å². The minimum Gasteiger partial charge on any atom is -0.306 e. The fraction of sp³-hybridized carbons (Fsp3) is 0.250. The van der Waals surface area contributed by atoms with Gasteiger partial charge in [-0.3, -0.25) is 0 Å². The van der Waals surface area contributed by atoms with Crippen molar-refractivity contribution in [3.63, 3.8) is 0 Å². The van der Waals surface area contributed by atoms with E-state index in [-0.39, 0.29) is 0 Å². The quantitative estimate of drug-likeness (QED) is 0.870. The molecule has 2 heteroatoms. The molecule has 1 atom stereocenters. The summed E-state index contributed by atoms with van der Waals surface area (Å²) in [5, 5.41) is 3.55. The summed E-state index contributed by atoms with van der Waals surface area (Å²) in [6.45, 7) is 5.21. The van der Waals surface area contributed by atoms with Gasteiger partial charge in [-0.15, -0.1) is 0 Å². The zero-order chi connectivity index (χ0) is 13.0. The smallest absolute Gasteiger partial charge is 0.0306 e. The molecule has 1 unspecified atom stereocenters. The minimum atomic E-state index is 0.334. The number of hydrogen-bond acceptors (Lipinski definition) is 1. The zero-order valence-corrected chi connectivity index (χ0v) is 12.4. The summed E-state index contributed by atoms with van der Waals surface area (Å²) in [5.41, 5.74) is 3.93. The van der Waals surface area contributed by atoms with E-state index >= 15 is 0 Å². The lowest BCUT2D eigenvalue weighted by atomic mass is 10.1. The van der Waals surface area contributed by atoms with Gasteiger partial charge in [-0.25, -0.2) is 0 Å². The highest BCUT2D eigenvalue weighted by molar-refractivity contribution is 9.10. The number of hydrogen-bond donors (Lipinski definition) is 1. The van der Waals surface area contributed by atoms with Crippen LogP contribution in [0.3, 0.4) is 0 Å². The third kappa shape index (κ3) is 3.44. The molecule has 0 aliphatic heterocycles. The summed E-state index contributed by atoms with van der Waals surface area (Å²) in [5.74, 6) is 0. The molecule has 0 amide bonds. The van der Waals surface area contributed by atoms with E-state index < -0.39 is 0 Å². The molecule has 0 fully saturated rings. The monoisotopic (exact) mass is 303 g/mol. The first-order valence-corrected chi connectivity index (χ1v) is 6.99. The molecule has 2 aromatic carbocycles.